The van der Waals surface area contributed by atoms with Gasteiger partial charge in [0.1, 0.15) is 11.5 Å². The minimum atomic E-state index is -1.93. The molecule has 0 atom stereocenters. The Balaban J connectivity index is 1.25. The second-order valence-corrected chi connectivity index (χ2v) is 17.1. The smallest absolute Gasteiger partial charge is 0.261 e. The maximum Gasteiger partial charge on any atom is 0.261 e. The molecule has 0 unspecified atom stereocenters. The number of nitrogens with zero attached hydrogens (tertiary/aromatic N) is 4. The van der Waals surface area contributed by atoms with E-state index in [1.807, 2.05) is 25.3 Å². The first kappa shape index (κ1) is 27.7. The summed E-state index contributed by atoms with van der Waals surface area (Å²) in [5.74, 6) is -0.0280. The van der Waals surface area contributed by atoms with Gasteiger partial charge in [-0.15, -0.1) is 0 Å². The summed E-state index contributed by atoms with van der Waals surface area (Å²) in [7, 11) is -1.93. The van der Waals surface area contributed by atoms with Gasteiger partial charge in [-0.3, -0.25) is 9.20 Å². The van der Waals surface area contributed by atoms with Crippen LogP contribution < -0.4 is 5.56 Å². The van der Waals surface area contributed by atoms with E-state index < -0.39 is 8.32 Å². The van der Waals surface area contributed by atoms with Gasteiger partial charge in [-0.1, -0.05) is 32.0 Å². The van der Waals surface area contributed by atoms with Crippen molar-refractivity contribution in [1.29, 1.82) is 0 Å². The number of aryl methyl sites for hydroxylation is 1. The van der Waals surface area contributed by atoms with Gasteiger partial charge in [-0.25, -0.2) is 9.37 Å². The summed E-state index contributed by atoms with van der Waals surface area (Å²) >= 11 is 0. The Bertz CT molecular complexity index is 1550. The number of fused-ring (bicyclic) bond motifs is 2. The lowest BCUT2D eigenvalue weighted by Crippen LogP contribution is -2.40. The van der Waals surface area contributed by atoms with Crippen LogP contribution in [-0.4, -0.2) is 47.4 Å². The molecule has 0 spiro atoms. The van der Waals surface area contributed by atoms with Crippen molar-refractivity contribution in [3.05, 3.63) is 75.2 Å². The lowest BCUT2D eigenvalue weighted by molar-refractivity contribution is 0.211. The highest BCUT2D eigenvalue weighted by molar-refractivity contribution is 6.74. The first-order valence-electron chi connectivity index (χ1n) is 13.9. The lowest BCUT2D eigenvalue weighted by atomic mass is 9.91. The molecule has 1 saturated heterocycles. The number of halogens is 1. The third kappa shape index (κ3) is 5.57. The molecule has 0 amide bonds. The highest BCUT2D eigenvalue weighted by Crippen LogP contribution is 2.37. The Morgan fingerprint density at radius 2 is 1.92 bits per heavy atom. The van der Waals surface area contributed by atoms with E-state index in [1.54, 1.807) is 10.5 Å². The first-order chi connectivity index (χ1) is 18.4. The molecule has 4 aromatic rings. The molecule has 0 N–H and O–H groups in total. The van der Waals surface area contributed by atoms with Crippen molar-refractivity contribution in [3.8, 4) is 0 Å². The number of hydrogen-bond donors (Lipinski definition) is 0. The van der Waals surface area contributed by atoms with E-state index in [1.165, 1.54) is 12.1 Å². The van der Waals surface area contributed by atoms with Crippen LogP contribution >= 0.6 is 0 Å². The average Bonchev–Trinajstić information content (AvgIpc) is 3.30. The van der Waals surface area contributed by atoms with Crippen molar-refractivity contribution in [2.75, 3.05) is 19.6 Å². The topological polar surface area (TPSA) is 72.9 Å². The van der Waals surface area contributed by atoms with Crippen LogP contribution in [0.1, 0.15) is 62.0 Å². The van der Waals surface area contributed by atoms with E-state index in [-0.39, 0.29) is 22.3 Å². The molecule has 1 aromatic carbocycles. The molecule has 9 heteroatoms. The number of likely N-dealkylation sites (tertiary alicyclic amines) is 1. The minimum Gasteiger partial charge on any atom is -0.412 e. The van der Waals surface area contributed by atoms with E-state index >= 15 is 0 Å². The predicted octanol–water partition coefficient (Wildman–Crippen LogP) is 6.23. The Kier molecular flexibility index (Phi) is 7.52. The van der Waals surface area contributed by atoms with Gasteiger partial charge in [0, 0.05) is 46.9 Å². The van der Waals surface area contributed by atoms with E-state index in [4.69, 9.17) is 13.9 Å². The number of hydrogen-bond acceptors (Lipinski definition) is 6. The molecule has 5 rings (SSSR count). The Morgan fingerprint density at radius 1 is 1.18 bits per heavy atom. The Hall–Kier alpha value is -2.88. The van der Waals surface area contributed by atoms with Crippen LogP contribution in [0.3, 0.4) is 0 Å². The predicted molar refractivity (Wildman–Crippen MR) is 154 cm³/mol. The third-order valence-electron chi connectivity index (χ3n) is 8.74. The molecule has 39 heavy (non-hydrogen) atoms. The molecule has 1 fully saturated rings. The van der Waals surface area contributed by atoms with Crippen LogP contribution in [-0.2, 0) is 17.5 Å². The molecule has 0 aliphatic carbocycles. The van der Waals surface area contributed by atoms with E-state index in [0.717, 1.165) is 60.4 Å². The van der Waals surface area contributed by atoms with E-state index in [0.29, 0.717) is 24.3 Å². The van der Waals surface area contributed by atoms with Gasteiger partial charge < -0.3 is 13.8 Å². The molecule has 208 valence electrons. The molecule has 0 saturated carbocycles. The van der Waals surface area contributed by atoms with E-state index in [2.05, 4.69) is 43.9 Å². The summed E-state index contributed by atoms with van der Waals surface area (Å²) in [6.45, 7) is 16.2. The fourth-order valence-corrected chi connectivity index (χ4v) is 6.11. The zero-order valence-electron chi connectivity index (χ0n) is 23.9. The first-order valence-corrected chi connectivity index (χ1v) is 16.8. The molecule has 1 aliphatic rings. The molecule has 0 bridgehead atoms. The summed E-state index contributed by atoms with van der Waals surface area (Å²) < 4.78 is 27.0. The molecular weight excluding hydrogens is 511 g/mol. The molecule has 1 aliphatic heterocycles. The zero-order valence-corrected chi connectivity index (χ0v) is 24.9. The second-order valence-electron chi connectivity index (χ2n) is 12.3. The number of piperidine rings is 1. The summed E-state index contributed by atoms with van der Waals surface area (Å²) in [6.07, 6.45) is 4.36. The molecule has 4 heterocycles. The summed E-state index contributed by atoms with van der Waals surface area (Å²) in [4.78, 5) is 20.8. The van der Waals surface area contributed by atoms with Crippen LogP contribution in [0.4, 0.5) is 4.39 Å². The van der Waals surface area contributed by atoms with Crippen molar-refractivity contribution >= 4 is 24.9 Å². The highest BCUT2D eigenvalue weighted by Gasteiger charge is 2.37. The molecule has 0 radical (unpaired) electrons. The third-order valence-corrected chi connectivity index (χ3v) is 13.2. The number of aromatic nitrogens is 3. The van der Waals surface area contributed by atoms with Gasteiger partial charge in [0.2, 0.25) is 0 Å². The highest BCUT2D eigenvalue weighted by atomic mass is 28.4. The monoisotopic (exact) mass is 550 g/mol. The standard InChI is InChI=1S/C30H39FN4O3Si/c1-20-24(29(36)35-14-7-8-22(28(35)32-20)19-37-39(5,6)30(2,3)4)13-17-34-15-11-21(12-16-34)27-25-10-9-23(31)18-26(25)38-33-27/h7-10,14,18,21H,11-13,15-17,19H2,1-6H3. The van der Waals surface area contributed by atoms with Crippen molar-refractivity contribution < 1.29 is 13.3 Å². The lowest BCUT2D eigenvalue weighted by Gasteiger charge is -2.36. The quantitative estimate of drug-likeness (QED) is 0.254. The zero-order chi connectivity index (χ0) is 27.9. The van der Waals surface area contributed by atoms with Gasteiger partial charge in [-0.2, -0.15) is 0 Å². The van der Waals surface area contributed by atoms with Crippen molar-refractivity contribution in [2.24, 2.45) is 0 Å². The SMILES string of the molecule is Cc1nc2c(CO[Si](C)(C)C(C)(C)C)cccn2c(=O)c1CCN1CCC(c2noc3cc(F)ccc23)CC1. The summed E-state index contributed by atoms with van der Waals surface area (Å²) in [5, 5.41) is 5.27. The van der Waals surface area contributed by atoms with Crippen LogP contribution in [0.2, 0.25) is 18.1 Å². The van der Waals surface area contributed by atoms with Crippen molar-refractivity contribution in [2.45, 2.75) is 77.6 Å². The average molecular weight is 551 g/mol. The fraction of sp³-hybridized carbons (Fsp3) is 0.500. The van der Waals surface area contributed by atoms with Crippen molar-refractivity contribution in [3.63, 3.8) is 0 Å². The fourth-order valence-electron chi connectivity index (χ4n) is 5.16. The normalized spacial score (nSPS) is 16.0. The number of rotatable bonds is 7. The Labute approximate surface area is 230 Å². The summed E-state index contributed by atoms with van der Waals surface area (Å²) in [6, 6.07) is 8.53. The van der Waals surface area contributed by atoms with Crippen LogP contribution in [0.25, 0.3) is 16.6 Å². The van der Waals surface area contributed by atoms with Gasteiger partial charge in [-0.05, 0) is 75.6 Å². The molecular formula is C30H39FN4O3Si. The maximum atomic E-state index is 13.5. The van der Waals surface area contributed by atoms with Gasteiger partial charge in [0.25, 0.3) is 5.56 Å². The number of pyridine rings is 1. The van der Waals surface area contributed by atoms with Gasteiger partial charge >= 0.3 is 0 Å². The largest absolute Gasteiger partial charge is 0.412 e. The second kappa shape index (κ2) is 10.6. The van der Waals surface area contributed by atoms with Crippen LogP contribution in [0.5, 0.6) is 0 Å². The van der Waals surface area contributed by atoms with Crippen LogP contribution in [0, 0.1) is 12.7 Å². The minimum absolute atomic E-state index is 0.00265. The summed E-state index contributed by atoms with van der Waals surface area (Å²) in [5.41, 5.74) is 4.61. The van der Waals surface area contributed by atoms with Crippen molar-refractivity contribution in [1.82, 2.24) is 19.4 Å². The van der Waals surface area contributed by atoms with E-state index in [9.17, 15) is 9.18 Å². The van der Waals surface area contributed by atoms with Gasteiger partial charge in [0.15, 0.2) is 13.9 Å². The molecule has 3 aromatic heterocycles. The maximum absolute atomic E-state index is 13.5. The Morgan fingerprint density at radius 3 is 2.64 bits per heavy atom. The van der Waals surface area contributed by atoms with Crippen LogP contribution in [0.15, 0.2) is 45.8 Å². The molecule has 7 nitrogen and oxygen atoms in total. The number of benzene rings is 1. The van der Waals surface area contributed by atoms with Gasteiger partial charge in [0.05, 0.1) is 12.3 Å².